The zero-order valence-corrected chi connectivity index (χ0v) is 66.5. The predicted molar refractivity (Wildman–Crippen MR) is 442 cm³/mol. The maximum atomic E-state index is 13.8. The molecule has 31 heteroatoms. The first-order chi connectivity index (χ1) is 55.2. The fraction of sp³-hybridized carbons (Fsp3) is 0.141. The molecule has 8 N–H and O–H groups in total. The molecular weight excluding hydrogens is 1590 g/mol. The van der Waals surface area contributed by atoms with Gasteiger partial charge in [0.25, 0.3) is 23.6 Å². The summed E-state index contributed by atoms with van der Waals surface area (Å²) in [5.41, 5.74) is 10.6. The van der Waals surface area contributed by atoms with Crippen LogP contribution in [0.1, 0.15) is 156 Å². The Balaban J connectivity index is 0.000000177. The summed E-state index contributed by atoms with van der Waals surface area (Å²) in [6, 6.07) is 45.4. The molecule has 0 bridgehead atoms. The molecule has 0 radical (unpaired) electrons. The third-order valence-electron chi connectivity index (χ3n) is 17.9. The number of carbonyl (C=O) groups is 8. The summed E-state index contributed by atoms with van der Waals surface area (Å²) in [4.78, 5) is 105. The quantitative estimate of drug-likeness (QED) is 0.0159. The summed E-state index contributed by atoms with van der Waals surface area (Å²) in [5.74, 6) is -4.79. The topological polar surface area (TPSA) is 356 Å². The molecule has 0 unspecified atom stereocenters. The molecule has 0 saturated heterocycles. The monoisotopic (exact) mass is 1670 g/mol. The standard InChI is InChI=1S/C22H18ClN5O2.C21H19BrN4O2.C21H18ClFN4O2.C21H18F2N4O2/c1-13(24)14-4-6-15(7-5-14)21(29)11-20-17(12-26-28(20)3)22(30)27-18-9-8-16(23)10-19(18)25-2;1-13(23)14-3-5-15(6-4-14)20(27)11-19-18(12-24-26(19)2)21(28)25-17-9-7-16(22)8-10-17;1-12(24)13-3-5-14(6-4-13)20(28)10-19-16(11-25-27(19)2)21(29)26-18-8-7-15(23)9-17(18)22;1-12(24)13-3-5-14(6-4-13)20(28)10-19-16(11-25-27(19)2)21(29)26-18-8-7-15(22)9-17(18)23/h4-10,12,24H,11H2,1,3H3,(H,27,30);3-10,12,23H,11H2,1-2H3,(H,25,28);2*3-9,11,24H,10H2,1-2H3,(H,26,29). The maximum Gasteiger partial charge on any atom is 0.259 e. The van der Waals surface area contributed by atoms with Gasteiger partial charge in [-0.15, -0.1) is 0 Å². The molecule has 0 aliphatic heterocycles. The largest absolute Gasteiger partial charge is 0.331 e. The molecule has 25 nitrogen and oxygen atoms in total. The predicted octanol–water partition coefficient (Wildman–Crippen LogP) is 17.0. The van der Waals surface area contributed by atoms with Crippen LogP contribution in [0, 0.1) is 45.7 Å². The Labute approximate surface area is 681 Å². The minimum absolute atomic E-state index is 0.0154. The summed E-state index contributed by atoms with van der Waals surface area (Å²) in [6.45, 7) is 13.9. The van der Waals surface area contributed by atoms with E-state index in [1.807, 2.05) is 12.1 Å². The normalized spacial score (nSPS) is 10.5. The second-order valence-corrected chi connectivity index (χ2v) is 27.8. The Hall–Kier alpha value is -13.8. The highest BCUT2D eigenvalue weighted by atomic mass is 79.9. The molecule has 12 rings (SSSR count). The van der Waals surface area contributed by atoms with Gasteiger partial charge in [0, 0.05) is 100 Å². The van der Waals surface area contributed by atoms with Crippen LogP contribution in [-0.2, 0) is 53.9 Å². The number of carbonyl (C=O) groups excluding carboxylic acids is 8. The summed E-state index contributed by atoms with van der Waals surface area (Å²) in [7, 11) is 6.61. The van der Waals surface area contributed by atoms with Gasteiger partial charge in [0.2, 0.25) is 5.69 Å². The number of anilines is 4. The van der Waals surface area contributed by atoms with Crippen LogP contribution in [0.25, 0.3) is 4.85 Å². The van der Waals surface area contributed by atoms with Crippen LogP contribution in [0.15, 0.2) is 205 Å². The smallest absolute Gasteiger partial charge is 0.259 e. The van der Waals surface area contributed by atoms with E-state index in [0.717, 1.165) is 39.4 Å². The first-order valence-corrected chi connectivity index (χ1v) is 36.6. The van der Waals surface area contributed by atoms with Gasteiger partial charge >= 0.3 is 0 Å². The lowest BCUT2D eigenvalue weighted by atomic mass is 10.0. The van der Waals surface area contributed by atoms with E-state index in [2.05, 4.69) is 62.4 Å². The van der Waals surface area contributed by atoms with Gasteiger partial charge in [0.15, 0.2) is 23.1 Å². The lowest BCUT2D eigenvalue weighted by Gasteiger charge is -2.09. The molecule has 0 fully saturated rings. The van der Waals surface area contributed by atoms with Gasteiger partial charge in [-0.2, -0.15) is 20.4 Å². The van der Waals surface area contributed by atoms with E-state index in [-0.39, 0.29) is 93.5 Å². The molecule has 0 aliphatic rings. The number of rotatable bonds is 24. The van der Waals surface area contributed by atoms with Gasteiger partial charge in [-0.1, -0.05) is 136 Å². The fourth-order valence-electron chi connectivity index (χ4n) is 11.3. The van der Waals surface area contributed by atoms with Crippen molar-refractivity contribution in [2.75, 3.05) is 21.3 Å². The van der Waals surface area contributed by atoms with E-state index in [9.17, 15) is 51.5 Å². The van der Waals surface area contributed by atoms with E-state index >= 15 is 0 Å². The Morgan fingerprint density at radius 2 is 0.672 bits per heavy atom. The number of aryl methyl sites for hydroxylation is 4. The number of Topliss-reactive ketones (excluding diaryl/α,β-unsaturated/α-hetero) is 4. The van der Waals surface area contributed by atoms with Gasteiger partial charge in [-0.25, -0.2) is 18.0 Å². The molecular formula is C85H73BrCl2F3N17O8. The maximum absolute atomic E-state index is 13.8. The fourth-order valence-corrected chi connectivity index (χ4v) is 11.9. The summed E-state index contributed by atoms with van der Waals surface area (Å²) in [6.07, 6.45) is 5.46. The van der Waals surface area contributed by atoms with Crippen LogP contribution < -0.4 is 21.3 Å². The Morgan fingerprint density at radius 3 is 0.983 bits per heavy atom. The van der Waals surface area contributed by atoms with Crippen molar-refractivity contribution < 1.29 is 51.5 Å². The number of aromatic nitrogens is 8. The van der Waals surface area contributed by atoms with Crippen molar-refractivity contribution in [3.05, 3.63) is 334 Å². The Kier molecular flexibility index (Phi) is 29.0. The molecule has 0 saturated carbocycles. The van der Waals surface area contributed by atoms with Crippen LogP contribution in [0.5, 0.6) is 0 Å². The highest BCUT2D eigenvalue weighted by Crippen LogP contribution is 2.31. The number of halogens is 6. The van der Waals surface area contributed by atoms with Crippen molar-refractivity contribution in [3.63, 3.8) is 0 Å². The molecule has 0 spiro atoms. The number of hydrogen-bond donors (Lipinski definition) is 8. The van der Waals surface area contributed by atoms with Crippen molar-refractivity contribution in [3.8, 4) is 0 Å². The van der Waals surface area contributed by atoms with Gasteiger partial charge in [-0.05, 0) is 123 Å². The minimum Gasteiger partial charge on any atom is -0.331 e. The van der Waals surface area contributed by atoms with E-state index in [4.69, 9.17) is 51.4 Å². The summed E-state index contributed by atoms with van der Waals surface area (Å²) < 4.78 is 46.9. The number of nitrogens with one attached hydrogen (secondary N) is 8. The van der Waals surface area contributed by atoms with Crippen LogP contribution in [0.2, 0.25) is 10.0 Å². The van der Waals surface area contributed by atoms with E-state index < -0.39 is 35.2 Å². The zero-order chi connectivity index (χ0) is 84.4. The first kappa shape index (κ1) is 86.2. The van der Waals surface area contributed by atoms with Gasteiger partial charge in [0.05, 0.1) is 118 Å². The number of benzene rings is 8. The first-order valence-electron chi connectivity index (χ1n) is 35.0. The SMILES string of the molecule is CC(=N)c1ccc(C(=O)Cc2c(C(=O)Nc3ccc(Br)cc3)cnn2C)cc1.CC(=N)c1ccc(C(=O)Cc2c(C(=O)Nc3ccc(F)cc3Cl)cnn2C)cc1.CC(=N)c1ccc(C(=O)Cc2c(C(=O)Nc3ccc(F)cc3F)cnn2C)cc1.[C-]#[N+]c1cc(Cl)ccc1NC(=O)c1cnn(C)c1CC(=O)c1ccc(C(C)=N)cc1. The average Bonchev–Trinajstić information content (AvgIpc) is 1.78. The molecule has 4 heterocycles. The summed E-state index contributed by atoms with van der Waals surface area (Å²) >= 11 is 15.2. The van der Waals surface area contributed by atoms with E-state index in [0.29, 0.717) is 101 Å². The van der Waals surface area contributed by atoms with Gasteiger partial charge < -0.3 is 42.9 Å². The molecule has 4 amide bonds. The van der Waals surface area contributed by atoms with Crippen LogP contribution >= 0.6 is 39.1 Å². The number of amides is 4. The van der Waals surface area contributed by atoms with Crippen LogP contribution in [-0.4, -0.2) is 109 Å². The van der Waals surface area contributed by atoms with Crippen molar-refractivity contribution in [2.24, 2.45) is 28.2 Å². The number of hydrogen-bond acceptors (Lipinski definition) is 16. The highest BCUT2D eigenvalue weighted by molar-refractivity contribution is 9.10. The molecule has 0 aliphatic carbocycles. The van der Waals surface area contributed by atoms with Crippen molar-refractivity contribution in [1.82, 2.24) is 39.1 Å². The minimum atomic E-state index is -0.901. The molecule has 588 valence electrons. The van der Waals surface area contributed by atoms with Crippen molar-refractivity contribution in [1.29, 1.82) is 21.6 Å². The number of nitrogens with zero attached hydrogens (tertiary/aromatic N) is 9. The Bertz CT molecular complexity index is 5700. The average molecular weight is 1670 g/mol. The van der Waals surface area contributed by atoms with Crippen LogP contribution in [0.4, 0.5) is 41.6 Å². The molecule has 0 atom stereocenters. The van der Waals surface area contributed by atoms with Crippen LogP contribution in [0.3, 0.4) is 0 Å². The molecule has 12 aromatic rings. The molecule has 116 heavy (non-hydrogen) atoms. The highest BCUT2D eigenvalue weighted by Gasteiger charge is 2.26. The lowest BCUT2D eigenvalue weighted by molar-refractivity contribution is 0.0978. The third kappa shape index (κ3) is 22.5. The Morgan fingerprint density at radius 1 is 0.388 bits per heavy atom. The van der Waals surface area contributed by atoms with E-state index in [1.54, 1.807) is 182 Å². The zero-order valence-electron chi connectivity index (χ0n) is 63.4. The van der Waals surface area contributed by atoms with E-state index in [1.165, 1.54) is 57.0 Å². The van der Waals surface area contributed by atoms with Gasteiger partial charge in [0.1, 0.15) is 17.5 Å². The second-order valence-electron chi connectivity index (χ2n) is 26.1. The van der Waals surface area contributed by atoms with Gasteiger partial charge in [-0.3, -0.25) is 57.1 Å². The summed E-state index contributed by atoms with van der Waals surface area (Å²) in [5, 5.41) is 57.8. The second kappa shape index (κ2) is 39.1. The van der Waals surface area contributed by atoms with Crippen molar-refractivity contribution in [2.45, 2.75) is 53.4 Å². The molecule has 4 aromatic heterocycles. The molecule has 8 aromatic carbocycles. The lowest BCUT2D eigenvalue weighted by Crippen LogP contribution is -2.17. The van der Waals surface area contributed by atoms with Crippen molar-refractivity contribution >= 4 is 137 Å². The third-order valence-corrected chi connectivity index (χ3v) is 19.0. The number of ketones is 4.